The van der Waals surface area contributed by atoms with Crippen LogP contribution in [-0.2, 0) is 11.2 Å². The van der Waals surface area contributed by atoms with Gasteiger partial charge in [0, 0.05) is 31.6 Å². The standard InChI is InChI=1S/C15H26N4OS.HI/c1-4-9-17-14(20)12-18-15(16-5-2)19(3)10-8-13-7-6-11-21-13;/h6-7,11H,4-5,8-10,12H2,1-3H3,(H,16,18)(H,17,20);1H. The van der Waals surface area contributed by atoms with Crippen molar-refractivity contribution in [2.75, 3.05) is 33.2 Å². The summed E-state index contributed by atoms with van der Waals surface area (Å²) >= 11 is 1.77. The third-order valence-electron chi connectivity index (χ3n) is 2.91. The molecule has 1 amide bonds. The van der Waals surface area contributed by atoms with Crippen molar-refractivity contribution in [3.63, 3.8) is 0 Å². The maximum Gasteiger partial charge on any atom is 0.241 e. The molecule has 0 atom stereocenters. The predicted octanol–water partition coefficient (Wildman–Crippen LogP) is 2.33. The van der Waals surface area contributed by atoms with Crippen LogP contribution in [0.5, 0.6) is 0 Å². The molecule has 0 radical (unpaired) electrons. The number of thiophene rings is 1. The molecular formula is C15H27IN4OS. The molecular weight excluding hydrogens is 411 g/mol. The largest absolute Gasteiger partial charge is 0.357 e. The molecule has 7 heteroatoms. The van der Waals surface area contributed by atoms with Crippen molar-refractivity contribution in [1.29, 1.82) is 0 Å². The van der Waals surface area contributed by atoms with Crippen LogP contribution in [0.25, 0.3) is 0 Å². The topological polar surface area (TPSA) is 56.7 Å². The third-order valence-corrected chi connectivity index (χ3v) is 3.85. The first-order chi connectivity index (χ1) is 10.2. The summed E-state index contributed by atoms with van der Waals surface area (Å²) in [4.78, 5) is 19.4. The zero-order valence-electron chi connectivity index (χ0n) is 13.6. The monoisotopic (exact) mass is 438 g/mol. The van der Waals surface area contributed by atoms with E-state index in [-0.39, 0.29) is 36.4 Å². The number of aliphatic imine (C=N–C) groups is 1. The molecule has 0 saturated carbocycles. The highest BCUT2D eigenvalue weighted by Gasteiger charge is 2.07. The molecule has 1 rings (SSSR count). The number of guanidine groups is 1. The molecule has 5 nitrogen and oxygen atoms in total. The van der Waals surface area contributed by atoms with Crippen molar-refractivity contribution in [3.05, 3.63) is 22.4 Å². The van der Waals surface area contributed by atoms with Crippen LogP contribution in [0.1, 0.15) is 25.1 Å². The molecule has 0 bridgehead atoms. The van der Waals surface area contributed by atoms with E-state index in [0.717, 1.165) is 31.9 Å². The Bertz CT molecular complexity index is 437. The minimum Gasteiger partial charge on any atom is -0.357 e. The molecule has 0 aromatic carbocycles. The average molecular weight is 438 g/mol. The van der Waals surface area contributed by atoms with Crippen LogP contribution >= 0.6 is 35.3 Å². The van der Waals surface area contributed by atoms with Gasteiger partial charge in [-0.05, 0) is 31.2 Å². The summed E-state index contributed by atoms with van der Waals surface area (Å²) in [6, 6.07) is 4.21. The predicted molar refractivity (Wildman–Crippen MR) is 105 cm³/mol. The Kier molecular flexibility index (Phi) is 12.2. The van der Waals surface area contributed by atoms with Gasteiger partial charge in [-0.2, -0.15) is 0 Å². The van der Waals surface area contributed by atoms with Gasteiger partial charge in [-0.15, -0.1) is 35.3 Å². The van der Waals surface area contributed by atoms with Gasteiger partial charge in [-0.25, -0.2) is 4.99 Å². The third kappa shape index (κ3) is 8.57. The number of carbonyl (C=O) groups excluding carboxylic acids is 1. The molecule has 0 fully saturated rings. The zero-order chi connectivity index (χ0) is 15.5. The van der Waals surface area contributed by atoms with Gasteiger partial charge < -0.3 is 15.5 Å². The highest BCUT2D eigenvalue weighted by Crippen LogP contribution is 2.09. The van der Waals surface area contributed by atoms with Crippen LogP contribution in [0.15, 0.2) is 22.5 Å². The van der Waals surface area contributed by atoms with E-state index in [2.05, 4.69) is 38.0 Å². The van der Waals surface area contributed by atoms with Crippen LogP contribution in [0.2, 0.25) is 0 Å². The number of hydrogen-bond donors (Lipinski definition) is 2. The summed E-state index contributed by atoms with van der Waals surface area (Å²) in [5, 5.41) is 8.15. The lowest BCUT2D eigenvalue weighted by Gasteiger charge is -2.21. The molecule has 22 heavy (non-hydrogen) atoms. The van der Waals surface area contributed by atoms with Gasteiger partial charge in [0.2, 0.25) is 5.91 Å². The molecule has 0 unspecified atom stereocenters. The minimum absolute atomic E-state index is 0. The first-order valence-electron chi connectivity index (χ1n) is 7.45. The van der Waals surface area contributed by atoms with Gasteiger partial charge in [0.1, 0.15) is 6.54 Å². The summed E-state index contributed by atoms with van der Waals surface area (Å²) in [5.74, 6) is 0.750. The maximum atomic E-state index is 11.6. The molecule has 126 valence electrons. The van der Waals surface area contributed by atoms with Crippen molar-refractivity contribution >= 4 is 47.2 Å². The molecule has 0 aliphatic heterocycles. The normalized spacial score (nSPS) is 10.8. The van der Waals surface area contributed by atoms with Gasteiger partial charge in [0.15, 0.2) is 5.96 Å². The van der Waals surface area contributed by atoms with Crippen LogP contribution in [0.4, 0.5) is 0 Å². The van der Waals surface area contributed by atoms with E-state index in [0.29, 0.717) is 6.54 Å². The van der Waals surface area contributed by atoms with Crippen LogP contribution < -0.4 is 10.6 Å². The second kappa shape index (κ2) is 12.7. The lowest BCUT2D eigenvalue weighted by atomic mass is 10.3. The van der Waals surface area contributed by atoms with Crippen molar-refractivity contribution in [3.8, 4) is 0 Å². The van der Waals surface area contributed by atoms with Gasteiger partial charge >= 0.3 is 0 Å². The number of carbonyl (C=O) groups is 1. The highest BCUT2D eigenvalue weighted by atomic mass is 127. The van der Waals surface area contributed by atoms with Gasteiger partial charge in [-0.3, -0.25) is 4.79 Å². The SMILES string of the molecule is CCCNC(=O)CN=C(NCC)N(C)CCc1cccs1.I. The van der Waals surface area contributed by atoms with Crippen molar-refractivity contribution in [2.45, 2.75) is 26.7 Å². The van der Waals surface area contributed by atoms with E-state index in [9.17, 15) is 4.79 Å². The summed E-state index contributed by atoms with van der Waals surface area (Å²) < 4.78 is 0. The molecule has 1 heterocycles. The van der Waals surface area contributed by atoms with Crippen LogP contribution in [0, 0.1) is 0 Å². The molecule has 2 N–H and O–H groups in total. The number of rotatable bonds is 8. The van der Waals surface area contributed by atoms with E-state index in [1.54, 1.807) is 11.3 Å². The first-order valence-corrected chi connectivity index (χ1v) is 8.33. The molecule has 0 saturated heterocycles. The number of halogens is 1. The number of likely N-dealkylation sites (N-methyl/N-ethyl adjacent to an activating group) is 1. The number of nitrogens with zero attached hydrogens (tertiary/aromatic N) is 2. The van der Waals surface area contributed by atoms with E-state index in [1.165, 1.54) is 4.88 Å². The quantitative estimate of drug-likeness (QED) is 0.372. The second-order valence-electron chi connectivity index (χ2n) is 4.77. The lowest BCUT2D eigenvalue weighted by molar-refractivity contribution is -0.119. The van der Waals surface area contributed by atoms with Crippen LogP contribution in [0.3, 0.4) is 0 Å². The Morgan fingerprint density at radius 3 is 2.73 bits per heavy atom. The molecule has 0 aliphatic carbocycles. The van der Waals surface area contributed by atoms with Crippen LogP contribution in [-0.4, -0.2) is 50.0 Å². The summed E-state index contributed by atoms with van der Waals surface area (Å²) in [6.45, 7) is 6.61. The molecule has 0 spiro atoms. The lowest BCUT2D eigenvalue weighted by Crippen LogP contribution is -2.40. The number of amides is 1. The summed E-state index contributed by atoms with van der Waals surface area (Å²) in [7, 11) is 2.00. The van der Waals surface area contributed by atoms with E-state index >= 15 is 0 Å². The van der Waals surface area contributed by atoms with Crippen molar-refractivity contribution in [2.24, 2.45) is 4.99 Å². The Morgan fingerprint density at radius 1 is 1.36 bits per heavy atom. The Hall–Kier alpha value is -0.830. The summed E-state index contributed by atoms with van der Waals surface area (Å²) in [6.07, 6.45) is 1.93. The van der Waals surface area contributed by atoms with Gasteiger partial charge in [0.25, 0.3) is 0 Å². The molecule has 1 aromatic rings. The molecule has 0 aliphatic rings. The number of hydrogen-bond acceptors (Lipinski definition) is 3. The fraction of sp³-hybridized carbons (Fsp3) is 0.600. The smallest absolute Gasteiger partial charge is 0.241 e. The fourth-order valence-electron chi connectivity index (χ4n) is 1.78. The van der Waals surface area contributed by atoms with Crippen molar-refractivity contribution in [1.82, 2.24) is 15.5 Å². The minimum atomic E-state index is -0.0288. The first kappa shape index (κ1) is 21.2. The zero-order valence-corrected chi connectivity index (χ0v) is 16.7. The van der Waals surface area contributed by atoms with Crippen molar-refractivity contribution < 1.29 is 4.79 Å². The fourth-order valence-corrected chi connectivity index (χ4v) is 2.47. The van der Waals surface area contributed by atoms with Gasteiger partial charge in [0.05, 0.1) is 0 Å². The molecule has 1 aromatic heterocycles. The number of nitrogens with one attached hydrogen (secondary N) is 2. The maximum absolute atomic E-state index is 11.6. The Labute approximate surface area is 154 Å². The Balaban J connectivity index is 0.00000441. The average Bonchev–Trinajstić information content (AvgIpc) is 3.00. The summed E-state index contributed by atoms with van der Waals surface area (Å²) in [5.41, 5.74) is 0. The van der Waals surface area contributed by atoms with Gasteiger partial charge in [-0.1, -0.05) is 13.0 Å². The van der Waals surface area contributed by atoms with E-state index < -0.39 is 0 Å². The van der Waals surface area contributed by atoms with E-state index in [1.807, 2.05) is 20.9 Å². The highest BCUT2D eigenvalue weighted by molar-refractivity contribution is 14.0. The second-order valence-corrected chi connectivity index (χ2v) is 5.80. The Morgan fingerprint density at radius 2 is 2.14 bits per heavy atom. The van der Waals surface area contributed by atoms with E-state index in [4.69, 9.17) is 0 Å².